The molecule has 2 aromatic heterocycles. The number of imidazole rings is 1. The molecule has 4 aromatic rings. The van der Waals surface area contributed by atoms with Gasteiger partial charge in [0.05, 0.1) is 33.7 Å². The molecule has 1 aliphatic rings. The first-order chi connectivity index (χ1) is 15.7. The zero-order valence-electron chi connectivity index (χ0n) is 18.2. The third-order valence-electron chi connectivity index (χ3n) is 6.01. The molecule has 5 rings (SSSR count). The summed E-state index contributed by atoms with van der Waals surface area (Å²) in [6.45, 7) is 5.13. The summed E-state index contributed by atoms with van der Waals surface area (Å²) in [5.41, 5.74) is 6.67. The van der Waals surface area contributed by atoms with Crippen LogP contribution in [0.25, 0.3) is 26.4 Å². The Balaban J connectivity index is 1.45. The molecule has 2 aromatic carbocycles. The van der Waals surface area contributed by atoms with Crippen molar-refractivity contribution in [2.24, 2.45) is 11.0 Å². The van der Waals surface area contributed by atoms with Crippen LogP contribution in [0.3, 0.4) is 0 Å². The number of hydrogen-bond donors (Lipinski definition) is 1. The van der Waals surface area contributed by atoms with E-state index in [0.29, 0.717) is 0 Å². The highest BCUT2D eigenvalue weighted by molar-refractivity contribution is 7.23. The molecule has 0 spiro atoms. The van der Waals surface area contributed by atoms with Crippen molar-refractivity contribution in [2.45, 2.75) is 26.2 Å². The number of hydrogen-bond acceptors (Lipinski definition) is 5. The normalized spacial score (nSPS) is 17.5. The Kier molecular flexibility index (Phi) is 6.01. The summed E-state index contributed by atoms with van der Waals surface area (Å²) in [5.74, 6) is -0.00673. The van der Waals surface area contributed by atoms with Crippen molar-refractivity contribution in [2.75, 3.05) is 19.6 Å². The number of carbonyl (C=O) groups is 1. The molecule has 0 radical (unpaired) electrons. The molecule has 1 saturated heterocycles. The lowest BCUT2D eigenvalue weighted by Gasteiger charge is -2.31. The van der Waals surface area contributed by atoms with Gasteiger partial charge in [-0.3, -0.25) is 9.20 Å². The quantitative estimate of drug-likeness (QED) is 0.343. The van der Waals surface area contributed by atoms with Crippen LogP contribution in [0.2, 0.25) is 0 Å². The minimum Gasteiger partial charge on any atom is -0.303 e. The second kappa shape index (κ2) is 9.22. The summed E-state index contributed by atoms with van der Waals surface area (Å²) in [6.07, 6.45) is 4.83. The number of rotatable bonds is 6. The fraction of sp³-hybridized carbons (Fsp3) is 0.320. The Labute approximate surface area is 191 Å². The SMILES string of the molecule is CCCN1CCCC(C(=O)NN=Cc2c(-c3ccccc3)nc3sc4ccccc4n23)C1. The third kappa shape index (κ3) is 4.06. The second-order valence-corrected chi connectivity index (χ2v) is 9.28. The molecule has 6 nitrogen and oxygen atoms in total. The van der Waals surface area contributed by atoms with Crippen LogP contribution < -0.4 is 5.43 Å². The van der Waals surface area contributed by atoms with Crippen molar-refractivity contribution in [1.82, 2.24) is 19.7 Å². The molecule has 1 amide bonds. The third-order valence-corrected chi connectivity index (χ3v) is 7.04. The van der Waals surface area contributed by atoms with Crippen molar-refractivity contribution < 1.29 is 4.79 Å². The Bertz CT molecular complexity index is 1260. The number of thiazole rings is 1. The van der Waals surface area contributed by atoms with Crippen molar-refractivity contribution in [1.29, 1.82) is 0 Å². The molecule has 0 saturated carbocycles. The fourth-order valence-electron chi connectivity index (χ4n) is 4.50. The zero-order chi connectivity index (χ0) is 21.9. The smallest absolute Gasteiger partial charge is 0.244 e. The molecule has 1 N–H and O–H groups in total. The van der Waals surface area contributed by atoms with Gasteiger partial charge in [0.15, 0.2) is 4.96 Å². The van der Waals surface area contributed by atoms with Crippen LogP contribution in [0.5, 0.6) is 0 Å². The van der Waals surface area contributed by atoms with E-state index in [2.05, 4.69) is 51.0 Å². The molecular weight excluding hydrogens is 418 g/mol. The van der Waals surface area contributed by atoms with Crippen LogP contribution >= 0.6 is 11.3 Å². The minimum atomic E-state index is -0.00604. The van der Waals surface area contributed by atoms with Crippen LogP contribution in [-0.2, 0) is 4.79 Å². The summed E-state index contributed by atoms with van der Waals surface area (Å²) in [6, 6.07) is 18.4. The number of nitrogens with one attached hydrogen (secondary N) is 1. The first-order valence-corrected chi connectivity index (χ1v) is 12.1. The summed E-state index contributed by atoms with van der Waals surface area (Å²) in [7, 11) is 0. The summed E-state index contributed by atoms with van der Waals surface area (Å²) >= 11 is 1.66. The summed E-state index contributed by atoms with van der Waals surface area (Å²) in [5, 5.41) is 4.38. The van der Waals surface area contributed by atoms with E-state index in [9.17, 15) is 4.79 Å². The fourth-order valence-corrected chi connectivity index (χ4v) is 5.54. The number of fused-ring (bicyclic) bond motifs is 3. The average molecular weight is 446 g/mol. The minimum absolute atomic E-state index is 0.000694. The van der Waals surface area contributed by atoms with Gasteiger partial charge in [0, 0.05) is 12.1 Å². The molecule has 1 fully saturated rings. The predicted octanol–water partition coefficient (Wildman–Crippen LogP) is 4.79. The standard InChI is InChI=1S/C25H27N5OS/c1-2-14-29-15-8-11-19(17-29)24(31)28-26-16-21-23(18-9-4-3-5-10-18)27-25-30(21)20-12-6-7-13-22(20)32-25/h3-7,9-10,12-13,16,19H,2,8,11,14-15,17H2,1H3,(H,28,31). The molecular formula is C25H27N5OS. The highest BCUT2D eigenvalue weighted by Gasteiger charge is 2.25. The summed E-state index contributed by atoms with van der Waals surface area (Å²) in [4.78, 5) is 21.0. The number of benzene rings is 2. The van der Waals surface area contributed by atoms with E-state index < -0.39 is 0 Å². The Morgan fingerprint density at radius 1 is 1.22 bits per heavy atom. The molecule has 7 heteroatoms. The Morgan fingerprint density at radius 3 is 2.88 bits per heavy atom. The van der Waals surface area contributed by atoms with E-state index in [1.807, 2.05) is 30.3 Å². The van der Waals surface area contributed by atoms with Gasteiger partial charge < -0.3 is 4.90 Å². The number of carbonyl (C=O) groups excluding carboxylic acids is 1. The van der Waals surface area contributed by atoms with Crippen LogP contribution in [0, 0.1) is 5.92 Å². The maximum absolute atomic E-state index is 12.8. The van der Waals surface area contributed by atoms with Crippen LogP contribution in [0.1, 0.15) is 31.9 Å². The highest BCUT2D eigenvalue weighted by Crippen LogP contribution is 2.32. The van der Waals surface area contributed by atoms with Gasteiger partial charge in [-0.1, -0.05) is 60.7 Å². The van der Waals surface area contributed by atoms with E-state index in [-0.39, 0.29) is 11.8 Å². The van der Waals surface area contributed by atoms with E-state index in [1.54, 1.807) is 17.6 Å². The van der Waals surface area contributed by atoms with Gasteiger partial charge in [-0.15, -0.1) is 0 Å². The maximum atomic E-state index is 12.8. The number of aromatic nitrogens is 2. The molecule has 1 aliphatic heterocycles. The van der Waals surface area contributed by atoms with Gasteiger partial charge in [-0.25, -0.2) is 10.4 Å². The van der Waals surface area contributed by atoms with Gasteiger partial charge in [0.1, 0.15) is 0 Å². The number of para-hydroxylation sites is 1. The van der Waals surface area contributed by atoms with E-state index in [1.165, 1.54) is 4.70 Å². The van der Waals surface area contributed by atoms with E-state index in [4.69, 9.17) is 4.98 Å². The lowest BCUT2D eigenvalue weighted by molar-refractivity contribution is -0.126. The van der Waals surface area contributed by atoms with Gasteiger partial charge in [-0.2, -0.15) is 5.10 Å². The molecule has 1 unspecified atom stereocenters. The van der Waals surface area contributed by atoms with E-state index >= 15 is 0 Å². The lowest BCUT2D eigenvalue weighted by atomic mass is 9.97. The Morgan fingerprint density at radius 2 is 2.03 bits per heavy atom. The van der Waals surface area contributed by atoms with Crippen LogP contribution in [0.4, 0.5) is 0 Å². The predicted molar refractivity (Wildman–Crippen MR) is 131 cm³/mol. The first kappa shape index (κ1) is 20.8. The van der Waals surface area contributed by atoms with Crippen LogP contribution in [0.15, 0.2) is 59.7 Å². The second-order valence-electron chi connectivity index (χ2n) is 8.27. The van der Waals surface area contributed by atoms with E-state index in [0.717, 1.165) is 66.3 Å². The number of hydrazone groups is 1. The molecule has 164 valence electrons. The van der Waals surface area contributed by atoms with Gasteiger partial charge in [0.25, 0.3) is 0 Å². The van der Waals surface area contributed by atoms with Crippen molar-refractivity contribution >= 4 is 38.6 Å². The zero-order valence-corrected chi connectivity index (χ0v) is 19.0. The summed E-state index contributed by atoms with van der Waals surface area (Å²) < 4.78 is 3.30. The molecule has 32 heavy (non-hydrogen) atoms. The number of likely N-dealkylation sites (tertiary alicyclic amines) is 1. The van der Waals surface area contributed by atoms with Gasteiger partial charge >= 0.3 is 0 Å². The van der Waals surface area contributed by atoms with Crippen molar-refractivity contribution in [3.63, 3.8) is 0 Å². The molecule has 0 aliphatic carbocycles. The monoisotopic (exact) mass is 445 g/mol. The van der Waals surface area contributed by atoms with Gasteiger partial charge in [-0.05, 0) is 44.5 Å². The molecule has 1 atom stereocenters. The number of piperidine rings is 1. The van der Waals surface area contributed by atoms with Crippen LogP contribution in [-0.4, -0.2) is 46.0 Å². The van der Waals surface area contributed by atoms with Crippen molar-refractivity contribution in [3.05, 3.63) is 60.3 Å². The highest BCUT2D eigenvalue weighted by atomic mass is 32.1. The van der Waals surface area contributed by atoms with Gasteiger partial charge in [0.2, 0.25) is 5.91 Å². The first-order valence-electron chi connectivity index (χ1n) is 11.2. The largest absolute Gasteiger partial charge is 0.303 e. The topological polar surface area (TPSA) is 62.0 Å². The maximum Gasteiger partial charge on any atom is 0.244 e. The molecule has 3 heterocycles. The number of amides is 1. The average Bonchev–Trinajstić information content (AvgIpc) is 3.36. The van der Waals surface area contributed by atoms with Crippen molar-refractivity contribution in [3.8, 4) is 11.3 Å². The molecule has 0 bridgehead atoms. The Hall–Kier alpha value is -3.03. The number of nitrogens with zero attached hydrogens (tertiary/aromatic N) is 4. The lowest BCUT2D eigenvalue weighted by Crippen LogP contribution is -2.42.